The highest BCUT2D eigenvalue weighted by Crippen LogP contribution is 2.30. The Bertz CT molecular complexity index is 699. The molecule has 1 atom stereocenters. The van der Waals surface area contributed by atoms with Gasteiger partial charge in [0.15, 0.2) is 0 Å². The average molecular weight is 314 g/mol. The van der Waals surface area contributed by atoms with Crippen LogP contribution in [0.3, 0.4) is 0 Å². The van der Waals surface area contributed by atoms with Crippen molar-refractivity contribution in [3.63, 3.8) is 0 Å². The minimum atomic E-state index is -3.93. The minimum Gasteiger partial charge on any atom is -0.399 e. The van der Waals surface area contributed by atoms with Crippen molar-refractivity contribution in [2.24, 2.45) is 0 Å². The number of benzene rings is 1. The van der Waals surface area contributed by atoms with Gasteiger partial charge in [-0.25, -0.2) is 12.8 Å². The SMILES string of the molecule is CC(c1cccs1)N(C)S(=O)(=O)c1cc(N)ccc1F. The number of rotatable bonds is 4. The van der Waals surface area contributed by atoms with E-state index in [2.05, 4.69) is 0 Å². The molecule has 0 aliphatic rings. The van der Waals surface area contributed by atoms with Gasteiger partial charge in [0.25, 0.3) is 0 Å². The van der Waals surface area contributed by atoms with E-state index in [9.17, 15) is 12.8 Å². The second-order valence-corrected chi connectivity index (χ2v) is 7.35. The number of thiophene rings is 1. The van der Waals surface area contributed by atoms with Gasteiger partial charge in [-0.1, -0.05) is 6.07 Å². The molecular formula is C13H15FN2O2S2. The summed E-state index contributed by atoms with van der Waals surface area (Å²) in [6, 6.07) is 6.85. The number of halogens is 1. The Hall–Kier alpha value is -1.44. The summed E-state index contributed by atoms with van der Waals surface area (Å²) in [7, 11) is -2.50. The zero-order valence-electron chi connectivity index (χ0n) is 11.1. The third kappa shape index (κ3) is 2.70. The molecule has 0 amide bonds. The predicted molar refractivity (Wildman–Crippen MR) is 78.5 cm³/mol. The van der Waals surface area contributed by atoms with Crippen molar-refractivity contribution in [2.75, 3.05) is 12.8 Å². The molecule has 108 valence electrons. The van der Waals surface area contributed by atoms with E-state index in [1.807, 2.05) is 17.5 Å². The van der Waals surface area contributed by atoms with Gasteiger partial charge in [-0.15, -0.1) is 11.3 Å². The smallest absolute Gasteiger partial charge is 0.246 e. The fourth-order valence-corrected chi connectivity index (χ4v) is 4.12. The first-order chi connectivity index (χ1) is 9.34. The standard InChI is InChI=1S/C13H15FN2O2S2/c1-9(12-4-3-7-19-12)16(2)20(17,18)13-8-10(15)5-6-11(13)14/h3-9H,15H2,1-2H3. The van der Waals surface area contributed by atoms with Crippen LogP contribution in [-0.2, 0) is 10.0 Å². The van der Waals surface area contributed by atoms with Gasteiger partial charge in [-0.05, 0) is 36.6 Å². The van der Waals surface area contributed by atoms with Crippen LogP contribution in [0.15, 0.2) is 40.6 Å². The van der Waals surface area contributed by atoms with Crippen LogP contribution in [0.25, 0.3) is 0 Å². The van der Waals surface area contributed by atoms with Crippen molar-refractivity contribution >= 4 is 27.0 Å². The Morgan fingerprint density at radius 2 is 2.05 bits per heavy atom. The Labute approximate surface area is 121 Å². The van der Waals surface area contributed by atoms with Crippen molar-refractivity contribution < 1.29 is 12.8 Å². The maximum atomic E-state index is 13.8. The molecule has 2 rings (SSSR count). The predicted octanol–water partition coefficient (Wildman–Crippen LogP) is 2.85. The Kier molecular flexibility index (Phi) is 4.12. The number of sulfonamides is 1. The highest BCUT2D eigenvalue weighted by Gasteiger charge is 2.29. The van der Waals surface area contributed by atoms with Crippen LogP contribution in [0.2, 0.25) is 0 Å². The summed E-state index contributed by atoms with van der Waals surface area (Å²) in [6.45, 7) is 1.76. The summed E-state index contributed by atoms with van der Waals surface area (Å²) in [5.74, 6) is -0.801. The maximum Gasteiger partial charge on any atom is 0.246 e. The molecule has 0 fully saturated rings. The van der Waals surface area contributed by atoms with E-state index in [1.54, 1.807) is 6.92 Å². The third-order valence-electron chi connectivity index (χ3n) is 3.11. The van der Waals surface area contributed by atoms with E-state index in [0.717, 1.165) is 21.3 Å². The van der Waals surface area contributed by atoms with E-state index >= 15 is 0 Å². The minimum absolute atomic E-state index is 0.210. The van der Waals surface area contributed by atoms with Crippen LogP contribution in [-0.4, -0.2) is 19.8 Å². The molecule has 1 aromatic heterocycles. The molecule has 1 aromatic carbocycles. The molecule has 0 spiro atoms. The van der Waals surface area contributed by atoms with Gasteiger partial charge in [0.1, 0.15) is 10.7 Å². The lowest BCUT2D eigenvalue weighted by Crippen LogP contribution is -2.30. The van der Waals surface area contributed by atoms with Gasteiger partial charge in [0.2, 0.25) is 10.0 Å². The molecule has 2 aromatic rings. The Balaban J connectivity index is 2.42. The van der Waals surface area contributed by atoms with Crippen LogP contribution >= 0.6 is 11.3 Å². The number of hydrogen-bond donors (Lipinski definition) is 1. The van der Waals surface area contributed by atoms with Gasteiger partial charge >= 0.3 is 0 Å². The lowest BCUT2D eigenvalue weighted by molar-refractivity contribution is 0.399. The summed E-state index contributed by atoms with van der Waals surface area (Å²) in [4.78, 5) is 0.490. The topological polar surface area (TPSA) is 63.4 Å². The number of nitrogens with zero attached hydrogens (tertiary/aromatic N) is 1. The monoisotopic (exact) mass is 314 g/mol. The fraction of sp³-hybridized carbons (Fsp3) is 0.231. The molecule has 4 nitrogen and oxygen atoms in total. The summed E-state index contributed by atoms with van der Waals surface area (Å²) in [5.41, 5.74) is 5.76. The van der Waals surface area contributed by atoms with Crippen molar-refractivity contribution in [2.45, 2.75) is 17.9 Å². The van der Waals surface area contributed by atoms with Gasteiger partial charge in [0, 0.05) is 17.6 Å². The first-order valence-electron chi connectivity index (χ1n) is 5.90. The largest absolute Gasteiger partial charge is 0.399 e. The average Bonchev–Trinajstić information content (AvgIpc) is 2.93. The van der Waals surface area contributed by atoms with Crippen molar-refractivity contribution in [3.05, 3.63) is 46.4 Å². The van der Waals surface area contributed by atoms with E-state index < -0.39 is 20.7 Å². The first-order valence-corrected chi connectivity index (χ1v) is 8.22. The zero-order valence-corrected chi connectivity index (χ0v) is 12.7. The van der Waals surface area contributed by atoms with E-state index in [4.69, 9.17) is 5.73 Å². The van der Waals surface area contributed by atoms with E-state index in [-0.39, 0.29) is 11.7 Å². The molecule has 7 heteroatoms. The number of anilines is 1. The summed E-state index contributed by atoms with van der Waals surface area (Å²) < 4.78 is 39.9. The van der Waals surface area contributed by atoms with Crippen LogP contribution < -0.4 is 5.73 Å². The molecular weight excluding hydrogens is 299 g/mol. The number of nitrogen functional groups attached to an aromatic ring is 1. The molecule has 0 aliphatic heterocycles. The molecule has 20 heavy (non-hydrogen) atoms. The summed E-state index contributed by atoms with van der Waals surface area (Å²) in [6.07, 6.45) is 0. The highest BCUT2D eigenvalue weighted by molar-refractivity contribution is 7.89. The van der Waals surface area contributed by atoms with E-state index in [1.165, 1.54) is 24.5 Å². The maximum absolute atomic E-state index is 13.8. The Morgan fingerprint density at radius 1 is 1.35 bits per heavy atom. The molecule has 0 aliphatic carbocycles. The first kappa shape index (κ1) is 15.0. The molecule has 0 saturated carbocycles. The third-order valence-corrected chi connectivity index (χ3v) is 6.10. The van der Waals surface area contributed by atoms with Gasteiger partial charge in [0.05, 0.1) is 6.04 Å². The van der Waals surface area contributed by atoms with Crippen molar-refractivity contribution in [3.8, 4) is 0 Å². The van der Waals surface area contributed by atoms with Gasteiger partial charge in [-0.3, -0.25) is 0 Å². The second kappa shape index (κ2) is 5.51. The normalized spacial score (nSPS) is 13.6. The molecule has 0 radical (unpaired) electrons. The van der Waals surface area contributed by atoms with Gasteiger partial charge < -0.3 is 5.73 Å². The zero-order chi connectivity index (χ0) is 14.9. The van der Waals surface area contributed by atoms with Crippen LogP contribution in [0.1, 0.15) is 17.8 Å². The molecule has 2 N–H and O–H groups in total. The summed E-state index contributed by atoms with van der Waals surface area (Å²) in [5, 5.41) is 1.87. The van der Waals surface area contributed by atoms with Crippen LogP contribution in [0, 0.1) is 5.82 Å². The summed E-state index contributed by atoms with van der Waals surface area (Å²) >= 11 is 1.45. The number of nitrogens with two attached hydrogens (primary N) is 1. The van der Waals surface area contributed by atoms with Crippen LogP contribution in [0.4, 0.5) is 10.1 Å². The second-order valence-electron chi connectivity index (χ2n) is 4.40. The van der Waals surface area contributed by atoms with Crippen molar-refractivity contribution in [1.82, 2.24) is 4.31 Å². The highest BCUT2D eigenvalue weighted by atomic mass is 32.2. The molecule has 0 bridgehead atoms. The molecule has 1 unspecified atom stereocenters. The fourth-order valence-electron chi connectivity index (χ4n) is 1.79. The van der Waals surface area contributed by atoms with Crippen molar-refractivity contribution in [1.29, 1.82) is 0 Å². The molecule has 0 saturated heterocycles. The molecule has 1 heterocycles. The lowest BCUT2D eigenvalue weighted by atomic mass is 10.3. The van der Waals surface area contributed by atoms with Gasteiger partial charge in [-0.2, -0.15) is 4.31 Å². The van der Waals surface area contributed by atoms with E-state index in [0.29, 0.717) is 0 Å². The Morgan fingerprint density at radius 3 is 2.65 bits per heavy atom. The van der Waals surface area contributed by atoms with Crippen LogP contribution in [0.5, 0.6) is 0 Å². The lowest BCUT2D eigenvalue weighted by Gasteiger charge is -2.23. The quantitative estimate of drug-likeness (QED) is 0.883. The number of hydrogen-bond acceptors (Lipinski definition) is 4.